The van der Waals surface area contributed by atoms with Crippen molar-refractivity contribution >= 4 is 0 Å². The third-order valence-electron chi connectivity index (χ3n) is 8.50. The van der Waals surface area contributed by atoms with Gasteiger partial charge in [-0.15, -0.1) is 0 Å². The Morgan fingerprint density at radius 3 is 2.30 bits per heavy atom. The molecule has 2 aliphatic carbocycles. The smallest absolute Gasteiger partial charge is 0.0702 e. The van der Waals surface area contributed by atoms with Crippen LogP contribution in [0, 0.1) is 11.8 Å². The van der Waals surface area contributed by atoms with E-state index in [0.717, 1.165) is 38.1 Å². The summed E-state index contributed by atoms with van der Waals surface area (Å²) in [4.78, 5) is 5.57. The van der Waals surface area contributed by atoms with Crippen LogP contribution >= 0.6 is 0 Å². The Bertz CT molecular complexity index is 485. The van der Waals surface area contributed by atoms with Crippen molar-refractivity contribution in [3.63, 3.8) is 0 Å². The molecule has 4 fully saturated rings. The molecule has 2 aliphatic heterocycles. The van der Waals surface area contributed by atoms with Gasteiger partial charge in [0.05, 0.1) is 18.3 Å². The molecule has 0 aromatic carbocycles. The van der Waals surface area contributed by atoms with Crippen LogP contribution in [0.3, 0.4) is 0 Å². The van der Waals surface area contributed by atoms with E-state index in [1.165, 1.54) is 83.8 Å². The Kier molecular flexibility index (Phi) is 8.89. The Morgan fingerprint density at radius 2 is 1.63 bits per heavy atom. The molecule has 0 spiro atoms. The highest BCUT2D eigenvalue weighted by molar-refractivity contribution is 4.87. The molecular weight excluding hydrogens is 376 g/mol. The van der Waals surface area contributed by atoms with Gasteiger partial charge >= 0.3 is 0 Å². The maximum Gasteiger partial charge on any atom is 0.0702 e. The van der Waals surface area contributed by atoms with E-state index in [1.807, 2.05) is 14.2 Å². The second-order valence-electron chi connectivity index (χ2n) is 10.5. The van der Waals surface area contributed by atoms with Gasteiger partial charge < -0.3 is 24.0 Å². The van der Waals surface area contributed by atoms with Crippen molar-refractivity contribution in [3.8, 4) is 0 Å². The summed E-state index contributed by atoms with van der Waals surface area (Å²) >= 11 is 0. The molecule has 174 valence electrons. The highest BCUT2D eigenvalue weighted by Gasteiger charge is 2.34. The number of nitrogens with zero attached hydrogens (tertiary/aromatic N) is 2. The molecule has 0 aromatic rings. The molecular formula is C25H46N2O3. The number of ether oxygens (including phenoxy) is 3. The lowest BCUT2D eigenvalue weighted by Crippen LogP contribution is -2.47. The largest absolute Gasteiger partial charge is 0.381 e. The number of piperidine rings is 1. The molecule has 0 bridgehead atoms. The minimum atomic E-state index is 0.333. The molecule has 0 aromatic heterocycles. The quantitative estimate of drug-likeness (QED) is 0.562. The fourth-order valence-corrected chi connectivity index (χ4v) is 6.63. The Morgan fingerprint density at radius 1 is 0.833 bits per heavy atom. The van der Waals surface area contributed by atoms with E-state index in [1.54, 1.807) is 0 Å². The number of likely N-dealkylation sites (tertiary alicyclic amines) is 1. The average molecular weight is 423 g/mol. The highest BCUT2D eigenvalue weighted by atomic mass is 16.5. The van der Waals surface area contributed by atoms with Crippen molar-refractivity contribution in [1.82, 2.24) is 9.80 Å². The molecule has 2 saturated carbocycles. The van der Waals surface area contributed by atoms with Crippen molar-refractivity contribution in [3.05, 3.63) is 0 Å². The van der Waals surface area contributed by atoms with Crippen LogP contribution < -0.4 is 0 Å². The average Bonchev–Trinajstić information content (AvgIpc) is 3.49. The van der Waals surface area contributed by atoms with Crippen LogP contribution in [0.25, 0.3) is 0 Å². The highest BCUT2D eigenvalue weighted by Crippen LogP contribution is 2.31. The van der Waals surface area contributed by atoms with Gasteiger partial charge in [-0.05, 0) is 76.3 Å². The normalized spacial score (nSPS) is 34.9. The van der Waals surface area contributed by atoms with Crippen molar-refractivity contribution in [2.75, 3.05) is 53.6 Å². The predicted molar refractivity (Wildman–Crippen MR) is 121 cm³/mol. The van der Waals surface area contributed by atoms with Gasteiger partial charge in [-0.2, -0.15) is 0 Å². The third-order valence-corrected chi connectivity index (χ3v) is 8.50. The summed E-state index contributed by atoms with van der Waals surface area (Å²) < 4.78 is 17.6. The monoisotopic (exact) mass is 422 g/mol. The summed E-state index contributed by atoms with van der Waals surface area (Å²) in [5, 5.41) is 0. The van der Waals surface area contributed by atoms with Gasteiger partial charge in [0.25, 0.3) is 0 Å². The van der Waals surface area contributed by atoms with Gasteiger partial charge in [-0.3, -0.25) is 0 Å². The van der Waals surface area contributed by atoms with Crippen LogP contribution in [0.5, 0.6) is 0 Å². The first kappa shape index (κ1) is 23.0. The van der Waals surface area contributed by atoms with Crippen molar-refractivity contribution in [2.24, 2.45) is 11.8 Å². The SMILES string of the molecule is COC1CCC(CN(CC2CCN(C3CCCC3)CC2)CC2CCCO2)C(OC)C1. The predicted octanol–water partition coefficient (Wildman–Crippen LogP) is 3.95. The molecule has 4 rings (SSSR count). The molecule has 0 N–H and O–H groups in total. The lowest BCUT2D eigenvalue weighted by molar-refractivity contribution is -0.0537. The first-order valence-corrected chi connectivity index (χ1v) is 12.9. The molecule has 4 unspecified atom stereocenters. The maximum atomic E-state index is 6.03. The number of rotatable bonds is 9. The second kappa shape index (κ2) is 11.6. The van der Waals surface area contributed by atoms with E-state index in [4.69, 9.17) is 14.2 Å². The van der Waals surface area contributed by atoms with E-state index in [9.17, 15) is 0 Å². The van der Waals surface area contributed by atoms with Gasteiger partial charge in [-0.1, -0.05) is 12.8 Å². The van der Waals surface area contributed by atoms with E-state index >= 15 is 0 Å². The van der Waals surface area contributed by atoms with Gasteiger partial charge in [0, 0.05) is 52.9 Å². The van der Waals surface area contributed by atoms with Crippen molar-refractivity contribution in [1.29, 1.82) is 0 Å². The lowest BCUT2D eigenvalue weighted by Gasteiger charge is -2.41. The fourth-order valence-electron chi connectivity index (χ4n) is 6.63. The number of hydrogen-bond donors (Lipinski definition) is 0. The molecule has 0 amide bonds. The zero-order valence-electron chi connectivity index (χ0n) is 19.6. The molecule has 30 heavy (non-hydrogen) atoms. The lowest BCUT2D eigenvalue weighted by atomic mass is 9.83. The number of methoxy groups -OCH3 is 2. The van der Waals surface area contributed by atoms with Crippen LogP contribution in [0.2, 0.25) is 0 Å². The first-order valence-electron chi connectivity index (χ1n) is 12.9. The van der Waals surface area contributed by atoms with Crippen LogP contribution in [0.1, 0.15) is 70.6 Å². The zero-order chi connectivity index (χ0) is 20.8. The molecule has 2 saturated heterocycles. The number of hydrogen-bond acceptors (Lipinski definition) is 5. The van der Waals surface area contributed by atoms with E-state index < -0.39 is 0 Å². The molecule has 5 nitrogen and oxygen atoms in total. The second-order valence-corrected chi connectivity index (χ2v) is 10.5. The van der Waals surface area contributed by atoms with Gasteiger partial charge in [-0.25, -0.2) is 0 Å². The Labute approximate surface area is 184 Å². The fraction of sp³-hybridized carbons (Fsp3) is 1.00. The van der Waals surface area contributed by atoms with E-state index in [-0.39, 0.29) is 0 Å². The summed E-state index contributed by atoms with van der Waals surface area (Å²) in [5.41, 5.74) is 0. The van der Waals surface area contributed by atoms with Crippen LogP contribution in [-0.4, -0.2) is 87.7 Å². The van der Waals surface area contributed by atoms with Crippen molar-refractivity contribution in [2.45, 2.75) is 95.0 Å². The molecule has 5 heteroatoms. The molecule has 4 aliphatic rings. The first-order chi connectivity index (χ1) is 14.7. The summed E-state index contributed by atoms with van der Waals surface area (Å²) in [6.45, 7) is 7.13. The zero-order valence-corrected chi connectivity index (χ0v) is 19.6. The van der Waals surface area contributed by atoms with E-state index in [2.05, 4.69) is 9.80 Å². The summed E-state index contributed by atoms with van der Waals surface area (Å²) in [6.07, 6.45) is 15.6. The standard InChI is InChI=1S/C25H46N2O3/c1-28-23-10-9-21(25(16-23)29-2)18-26(19-24-8-5-15-30-24)17-20-11-13-27(14-12-20)22-6-3-4-7-22/h20-25H,3-19H2,1-2H3. The van der Waals surface area contributed by atoms with Crippen LogP contribution in [0.4, 0.5) is 0 Å². The Balaban J connectivity index is 1.30. The summed E-state index contributed by atoms with van der Waals surface area (Å²) in [5.74, 6) is 1.47. The van der Waals surface area contributed by atoms with Crippen LogP contribution in [-0.2, 0) is 14.2 Å². The summed E-state index contributed by atoms with van der Waals surface area (Å²) in [6, 6.07) is 0.896. The minimum Gasteiger partial charge on any atom is -0.381 e. The van der Waals surface area contributed by atoms with E-state index in [0.29, 0.717) is 24.2 Å². The summed E-state index contributed by atoms with van der Waals surface area (Å²) in [7, 11) is 3.73. The van der Waals surface area contributed by atoms with Gasteiger partial charge in [0.1, 0.15) is 0 Å². The van der Waals surface area contributed by atoms with Crippen LogP contribution in [0.15, 0.2) is 0 Å². The van der Waals surface area contributed by atoms with Gasteiger partial charge in [0.15, 0.2) is 0 Å². The maximum absolute atomic E-state index is 6.03. The van der Waals surface area contributed by atoms with Gasteiger partial charge in [0.2, 0.25) is 0 Å². The Hall–Kier alpha value is -0.200. The van der Waals surface area contributed by atoms with Crippen molar-refractivity contribution < 1.29 is 14.2 Å². The molecule has 2 heterocycles. The minimum absolute atomic E-state index is 0.333. The topological polar surface area (TPSA) is 34.2 Å². The molecule has 4 atom stereocenters. The molecule has 0 radical (unpaired) electrons. The third kappa shape index (κ3) is 6.19.